The van der Waals surface area contributed by atoms with E-state index in [0.29, 0.717) is 25.9 Å². The molecule has 4 amide bonds. The van der Waals surface area contributed by atoms with Crippen LogP contribution in [-0.4, -0.2) is 57.9 Å². The standard InChI is InChI=1S/C32H34Cl2N6O4/c33-23-8-3-9-24(34)28(23)31(43)37-25-17-35-39-30(25)32(44)36-20-12-14-40(15-13-20)27(42)11-10-26(41)38-29-21-6-1-4-18(21)16-19-5-2-7-22(19)29/h3,8-9,16-17,20H,1-2,4-7,10-15H2,(H,35,39)(H,36,44)(H,37,43)(H,38,41). The zero-order valence-corrected chi connectivity index (χ0v) is 25.7. The number of hydrogen-bond acceptors (Lipinski definition) is 5. The monoisotopic (exact) mass is 636 g/mol. The first kappa shape index (κ1) is 30.1. The van der Waals surface area contributed by atoms with Crippen molar-refractivity contribution < 1.29 is 19.2 Å². The fraction of sp³-hybridized carbons (Fsp3) is 0.406. The predicted molar refractivity (Wildman–Crippen MR) is 168 cm³/mol. The van der Waals surface area contributed by atoms with Gasteiger partial charge in [0.25, 0.3) is 11.8 Å². The van der Waals surface area contributed by atoms with Gasteiger partial charge in [-0.2, -0.15) is 5.10 Å². The lowest BCUT2D eigenvalue weighted by Crippen LogP contribution is -2.46. The molecule has 0 saturated carbocycles. The molecule has 230 valence electrons. The molecule has 2 heterocycles. The number of likely N-dealkylation sites (tertiary alicyclic amines) is 1. The number of amides is 4. The number of rotatable bonds is 8. The number of fused-ring (bicyclic) bond motifs is 2. The highest BCUT2D eigenvalue weighted by Crippen LogP contribution is 2.38. The van der Waals surface area contributed by atoms with Gasteiger partial charge in [0.15, 0.2) is 0 Å². The van der Waals surface area contributed by atoms with Crippen LogP contribution in [-0.2, 0) is 35.3 Å². The van der Waals surface area contributed by atoms with Gasteiger partial charge >= 0.3 is 0 Å². The Morgan fingerprint density at radius 2 is 1.55 bits per heavy atom. The molecule has 12 heteroatoms. The van der Waals surface area contributed by atoms with E-state index in [1.807, 2.05) is 0 Å². The minimum Gasteiger partial charge on any atom is -0.348 e. The van der Waals surface area contributed by atoms with Crippen molar-refractivity contribution in [3.63, 3.8) is 0 Å². The van der Waals surface area contributed by atoms with Gasteiger partial charge in [-0.15, -0.1) is 0 Å². The number of halogens is 2. The molecule has 0 radical (unpaired) electrons. The Morgan fingerprint density at radius 1 is 0.886 bits per heavy atom. The number of benzene rings is 2. The van der Waals surface area contributed by atoms with Crippen molar-refractivity contribution in [3.05, 3.63) is 74.0 Å². The molecule has 44 heavy (non-hydrogen) atoms. The van der Waals surface area contributed by atoms with Gasteiger partial charge < -0.3 is 20.9 Å². The van der Waals surface area contributed by atoms with Crippen molar-refractivity contribution in [2.24, 2.45) is 0 Å². The summed E-state index contributed by atoms with van der Waals surface area (Å²) in [5.74, 6) is -1.17. The van der Waals surface area contributed by atoms with E-state index in [-0.39, 0.29) is 57.7 Å². The zero-order valence-electron chi connectivity index (χ0n) is 24.2. The maximum absolute atomic E-state index is 13.0. The van der Waals surface area contributed by atoms with Crippen molar-refractivity contribution in [1.82, 2.24) is 20.4 Å². The molecular weight excluding hydrogens is 603 g/mol. The summed E-state index contributed by atoms with van der Waals surface area (Å²) >= 11 is 12.3. The highest BCUT2D eigenvalue weighted by molar-refractivity contribution is 6.40. The van der Waals surface area contributed by atoms with Gasteiger partial charge in [0.1, 0.15) is 5.69 Å². The maximum Gasteiger partial charge on any atom is 0.271 e. The highest BCUT2D eigenvalue weighted by Gasteiger charge is 2.28. The quantitative estimate of drug-likeness (QED) is 0.273. The first-order valence-corrected chi connectivity index (χ1v) is 15.9. The molecule has 10 nitrogen and oxygen atoms in total. The summed E-state index contributed by atoms with van der Waals surface area (Å²) in [7, 11) is 0. The predicted octanol–water partition coefficient (Wildman–Crippen LogP) is 5.09. The van der Waals surface area contributed by atoms with Gasteiger partial charge in [0.05, 0.1) is 27.5 Å². The van der Waals surface area contributed by atoms with E-state index in [1.165, 1.54) is 28.5 Å². The number of aromatic amines is 1. The van der Waals surface area contributed by atoms with E-state index in [0.717, 1.165) is 44.2 Å². The van der Waals surface area contributed by atoms with Crippen LogP contribution in [0.2, 0.25) is 10.0 Å². The van der Waals surface area contributed by atoms with Gasteiger partial charge in [0, 0.05) is 37.7 Å². The summed E-state index contributed by atoms with van der Waals surface area (Å²) in [6.45, 7) is 0.950. The molecule has 6 rings (SSSR count). The lowest BCUT2D eigenvalue weighted by atomic mass is 9.98. The highest BCUT2D eigenvalue weighted by atomic mass is 35.5. The summed E-state index contributed by atoms with van der Waals surface area (Å²) in [5, 5.41) is 15.7. The van der Waals surface area contributed by atoms with E-state index < -0.39 is 11.8 Å². The molecular formula is C32H34Cl2N6O4. The Kier molecular flexibility index (Phi) is 8.91. The Morgan fingerprint density at radius 3 is 2.20 bits per heavy atom. The van der Waals surface area contributed by atoms with Gasteiger partial charge in [-0.3, -0.25) is 24.3 Å². The summed E-state index contributed by atoms with van der Waals surface area (Å²) < 4.78 is 0. The largest absolute Gasteiger partial charge is 0.348 e. The normalized spacial score (nSPS) is 15.9. The molecule has 4 N–H and O–H groups in total. The Hall–Kier alpha value is -3.89. The zero-order chi connectivity index (χ0) is 30.8. The number of nitrogens with one attached hydrogen (secondary N) is 4. The van der Waals surface area contributed by atoms with Crippen LogP contribution in [0.5, 0.6) is 0 Å². The number of carbonyl (C=O) groups is 4. The topological polar surface area (TPSA) is 136 Å². The van der Waals surface area contributed by atoms with Crippen LogP contribution >= 0.6 is 23.2 Å². The van der Waals surface area contributed by atoms with Crippen molar-refractivity contribution in [3.8, 4) is 0 Å². The second-order valence-corrected chi connectivity index (χ2v) is 12.4. The number of carbonyl (C=O) groups excluding carboxylic acids is 4. The van der Waals surface area contributed by atoms with Crippen LogP contribution in [0, 0.1) is 0 Å². The van der Waals surface area contributed by atoms with Crippen molar-refractivity contribution in [1.29, 1.82) is 0 Å². The van der Waals surface area contributed by atoms with E-state index in [1.54, 1.807) is 23.1 Å². The number of aryl methyl sites for hydroxylation is 2. The molecule has 1 aromatic heterocycles. The van der Waals surface area contributed by atoms with Crippen LogP contribution in [0.4, 0.5) is 11.4 Å². The fourth-order valence-electron chi connectivity index (χ4n) is 6.53. The molecule has 3 aliphatic rings. The molecule has 1 aliphatic heterocycles. The molecule has 2 aromatic carbocycles. The van der Waals surface area contributed by atoms with Crippen molar-refractivity contribution >= 4 is 58.2 Å². The number of aromatic nitrogens is 2. The van der Waals surface area contributed by atoms with Gasteiger partial charge in [0.2, 0.25) is 11.8 Å². The summed E-state index contributed by atoms with van der Waals surface area (Å²) in [6, 6.07) is 6.91. The van der Waals surface area contributed by atoms with Crippen molar-refractivity contribution in [2.75, 3.05) is 23.7 Å². The van der Waals surface area contributed by atoms with Crippen LogP contribution in [0.15, 0.2) is 30.5 Å². The maximum atomic E-state index is 13.0. The number of anilines is 2. The lowest BCUT2D eigenvalue weighted by Gasteiger charge is -2.32. The second kappa shape index (κ2) is 13.0. The van der Waals surface area contributed by atoms with Crippen LogP contribution in [0.1, 0.15) is 81.6 Å². The molecule has 1 fully saturated rings. The minimum absolute atomic E-state index is 0.0646. The van der Waals surface area contributed by atoms with Gasteiger partial charge in [-0.05, 0) is 85.8 Å². The second-order valence-electron chi connectivity index (χ2n) is 11.6. The third-order valence-corrected chi connectivity index (χ3v) is 9.42. The first-order chi connectivity index (χ1) is 21.3. The molecule has 0 bridgehead atoms. The average Bonchev–Trinajstić information content (AvgIpc) is 3.77. The number of hydrogen-bond donors (Lipinski definition) is 4. The fourth-order valence-corrected chi connectivity index (χ4v) is 7.10. The third kappa shape index (κ3) is 6.32. The van der Waals surface area contributed by atoms with Crippen LogP contribution in [0.3, 0.4) is 0 Å². The van der Waals surface area contributed by atoms with E-state index in [2.05, 4.69) is 32.2 Å². The SMILES string of the molecule is O=C(CCC(=O)N1CCC(NC(=O)c2[nH]ncc2NC(=O)c2c(Cl)cccc2Cl)CC1)Nc1c2c(cc3c1CCC3)CCC2. The van der Waals surface area contributed by atoms with Gasteiger partial charge in [-0.1, -0.05) is 35.3 Å². The summed E-state index contributed by atoms with van der Waals surface area (Å²) in [4.78, 5) is 53.4. The average molecular weight is 638 g/mol. The van der Waals surface area contributed by atoms with E-state index in [9.17, 15) is 19.2 Å². The van der Waals surface area contributed by atoms with E-state index >= 15 is 0 Å². The first-order valence-electron chi connectivity index (χ1n) is 15.1. The molecule has 2 aliphatic carbocycles. The van der Waals surface area contributed by atoms with Gasteiger partial charge in [-0.25, -0.2) is 0 Å². The molecule has 1 saturated heterocycles. The van der Waals surface area contributed by atoms with Crippen molar-refractivity contribution in [2.45, 2.75) is 70.3 Å². The van der Waals surface area contributed by atoms with Crippen LogP contribution < -0.4 is 16.0 Å². The molecule has 3 aromatic rings. The lowest BCUT2D eigenvalue weighted by molar-refractivity contribution is -0.133. The Labute approximate surface area is 265 Å². The number of nitrogens with zero attached hydrogens (tertiary/aromatic N) is 2. The summed E-state index contributed by atoms with van der Waals surface area (Å²) in [5.41, 5.74) is 6.69. The number of H-pyrrole nitrogens is 1. The Bertz CT molecular complexity index is 1580. The molecule has 0 atom stereocenters. The summed E-state index contributed by atoms with van der Waals surface area (Å²) in [6.07, 6.45) is 9.13. The Balaban J connectivity index is 0.974. The smallest absolute Gasteiger partial charge is 0.271 e. The van der Waals surface area contributed by atoms with Crippen LogP contribution in [0.25, 0.3) is 0 Å². The van der Waals surface area contributed by atoms with E-state index in [4.69, 9.17) is 23.2 Å². The molecule has 0 spiro atoms. The third-order valence-electron chi connectivity index (χ3n) is 8.79. The minimum atomic E-state index is -0.562. The number of piperidine rings is 1. The molecule has 0 unspecified atom stereocenters.